The van der Waals surface area contributed by atoms with E-state index in [-0.39, 0.29) is 17.7 Å². The molecule has 1 N–H and O–H groups in total. The zero-order chi connectivity index (χ0) is 21.0. The van der Waals surface area contributed by atoms with Crippen LogP contribution in [0.3, 0.4) is 0 Å². The van der Waals surface area contributed by atoms with Crippen molar-refractivity contribution in [2.24, 2.45) is 0 Å². The zero-order valence-corrected chi connectivity index (χ0v) is 17.2. The molecule has 1 aliphatic heterocycles. The van der Waals surface area contributed by atoms with E-state index in [4.69, 9.17) is 9.47 Å². The molecule has 7 nitrogen and oxygen atoms in total. The fourth-order valence-electron chi connectivity index (χ4n) is 3.72. The molecule has 156 valence electrons. The summed E-state index contributed by atoms with van der Waals surface area (Å²) >= 11 is 0. The predicted molar refractivity (Wildman–Crippen MR) is 109 cm³/mol. The van der Waals surface area contributed by atoms with Crippen molar-refractivity contribution >= 4 is 23.9 Å². The number of urea groups is 1. The Kier molecular flexibility index (Phi) is 6.56. The molecule has 0 bridgehead atoms. The van der Waals surface area contributed by atoms with Crippen LogP contribution in [0, 0.1) is 0 Å². The van der Waals surface area contributed by atoms with Gasteiger partial charge in [0.2, 0.25) is 0 Å². The molecule has 3 rings (SSSR count). The van der Waals surface area contributed by atoms with Crippen LogP contribution in [0.15, 0.2) is 23.8 Å². The van der Waals surface area contributed by atoms with Gasteiger partial charge in [-0.25, -0.2) is 4.79 Å². The molecule has 4 amide bonds. The summed E-state index contributed by atoms with van der Waals surface area (Å²) in [6.07, 6.45) is 6.78. The van der Waals surface area contributed by atoms with Crippen molar-refractivity contribution in [3.05, 3.63) is 29.3 Å². The van der Waals surface area contributed by atoms with Crippen LogP contribution in [0.4, 0.5) is 4.79 Å². The fourth-order valence-corrected chi connectivity index (χ4v) is 3.72. The molecule has 29 heavy (non-hydrogen) atoms. The monoisotopic (exact) mass is 400 g/mol. The summed E-state index contributed by atoms with van der Waals surface area (Å²) in [5, 5.41) is 2.31. The van der Waals surface area contributed by atoms with E-state index in [0.717, 1.165) is 38.5 Å². The van der Waals surface area contributed by atoms with Gasteiger partial charge in [-0.2, -0.15) is 0 Å². The molecule has 2 fully saturated rings. The summed E-state index contributed by atoms with van der Waals surface area (Å²) in [7, 11) is 1.54. The summed E-state index contributed by atoms with van der Waals surface area (Å²) < 4.78 is 11.4. The minimum Gasteiger partial charge on any atom is -0.493 e. The number of benzene rings is 1. The Morgan fingerprint density at radius 1 is 1.21 bits per heavy atom. The van der Waals surface area contributed by atoms with Crippen molar-refractivity contribution in [1.82, 2.24) is 10.2 Å². The molecule has 1 saturated heterocycles. The molecule has 0 radical (unpaired) electrons. The van der Waals surface area contributed by atoms with Crippen LogP contribution in [0.25, 0.3) is 6.08 Å². The molecule has 0 spiro atoms. The standard InChI is InChI=1S/C22H28N2O5/c1-4-14(2)29-19-15(9-8-12-18(19)28-3)13-17-20(25)23-22(27)24(21(17)26)16-10-6-5-7-11-16/h8-9,12-14,16H,4-7,10-11H2,1-3H3,(H,23,25,27)/b17-13+. The Balaban J connectivity index is 1.98. The Morgan fingerprint density at radius 2 is 1.93 bits per heavy atom. The third-order valence-corrected chi connectivity index (χ3v) is 5.50. The van der Waals surface area contributed by atoms with E-state index in [1.54, 1.807) is 18.2 Å². The second kappa shape index (κ2) is 9.11. The van der Waals surface area contributed by atoms with Crippen molar-refractivity contribution in [3.8, 4) is 11.5 Å². The van der Waals surface area contributed by atoms with Gasteiger partial charge < -0.3 is 9.47 Å². The topological polar surface area (TPSA) is 84.9 Å². The third-order valence-electron chi connectivity index (χ3n) is 5.50. The van der Waals surface area contributed by atoms with E-state index in [1.807, 2.05) is 13.8 Å². The number of imide groups is 2. The van der Waals surface area contributed by atoms with E-state index in [2.05, 4.69) is 5.32 Å². The molecule has 2 aliphatic rings. The van der Waals surface area contributed by atoms with Gasteiger partial charge in [-0.15, -0.1) is 0 Å². The Morgan fingerprint density at radius 3 is 2.59 bits per heavy atom. The Labute approximate surface area is 171 Å². The van der Waals surface area contributed by atoms with Gasteiger partial charge in [0.1, 0.15) is 5.57 Å². The molecule has 7 heteroatoms. The van der Waals surface area contributed by atoms with Gasteiger partial charge in [-0.05, 0) is 38.3 Å². The number of hydrogen-bond donors (Lipinski definition) is 1. The minimum absolute atomic E-state index is 0.0698. The van der Waals surface area contributed by atoms with Gasteiger partial charge >= 0.3 is 6.03 Å². The summed E-state index contributed by atoms with van der Waals surface area (Å²) in [6, 6.07) is 4.49. The lowest BCUT2D eigenvalue weighted by Gasteiger charge is -2.35. The lowest BCUT2D eigenvalue weighted by atomic mass is 9.93. The van der Waals surface area contributed by atoms with E-state index in [9.17, 15) is 14.4 Å². The quantitative estimate of drug-likeness (QED) is 0.582. The summed E-state index contributed by atoms with van der Waals surface area (Å²) in [6.45, 7) is 3.94. The highest BCUT2D eigenvalue weighted by Crippen LogP contribution is 2.34. The maximum atomic E-state index is 13.1. The number of methoxy groups -OCH3 is 1. The number of amides is 4. The molecular formula is C22H28N2O5. The number of para-hydroxylation sites is 1. The highest BCUT2D eigenvalue weighted by atomic mass is 16.5. The van der Waals surface area contributed by atoms with Crippen molar-refractivity contribution in [1.29, 1.82) is 0 Å². The van der Waals surface area contributed by atoms with E-state index in [1.165, 1.54) is 18.1 Å². The highest BCUT2D eigenvalue weighted by molar-refractivity contribution is 6.31. The number of hydrogen-bond acceptors (Lipinski definition) is 5. The highest BCUT2D eigenvalue weighted by Gasteiger charge is 2.40. The molecule has 1 unspecified atom stereocenters. The maximum Gasteiger partial charge on any atom is 0.331 e. The van der Waals surface area contributed by atoms with Gasteiger partial charge in [0.15, 0.2) is 11.5 Å². The Hall–Kier alpha value is -2.83. The van der Waals surface area contributed by atoms with Crippen molar-refractivity contribution < 1.29 is 23.9 Å². The molecular weight excluding hydrogens is 372 g/mol. The van der Waals surface area contributed by atoms with Gasteiger partial charge in [-0.3, -0.25) is 19.8 Å². The minimum atomic E-state index is -0.690. The smallest absolute Gasteiger partial charge is 0.331 e. The van der Waals surface area contributed by atoms with Gasteiger partial charge in [0.25, 0.3) is 11.8 Å². The third kappa shape index (κ3) is 4.44. The van der Waals surface area contributed by atoms with Crippen molar-refractivity contribution in [3.63, 3.8) is 0 Å². The second-order valence-electron chi connectivity index (χ2n) is 7.50. The predicted octanol–water partition coefficient (Wildman–Crippen LogP) is 3.67. The molecule has 1 aromatic rings. The van der Waals surface area contributed by atoms with Crippen LogP contribution in [-0.2, 0) is 9.59 Å². The first-order valence-electron chi connectivity index (χ1n) is 10.2. The average Bonchev–Trinajstić information content (AvgIpc) is 2.72. The maximum absolute atomic E-state index is 13.1. The average molecular weight is 400 g/mol. The van der Waals surface area contributed by atoms with Gasteiger partial charge in [-0.1, -0.05) is 38.3 Å². The molecule has 1 atom stereocenters. The van der Waals surface area contributed by atoms with Crippen LogP contribution in [-0.4, -0.2) is 42.0 Å². The van der Waals surface area contributed by atoms with E-state index < -0.39 is 17.8 Å². The van der Waals surface area contributed by atoms with Crippen LogP contribution >= 0.6 is 0 Å². The van der Waals surface area contributed by atoms with Crippen LogP contribution < -0.4 is 14.8 Å². The van der Waals surface area contributed by atoms with Crippen molar-refractivity contribution in [2.45, 2.75) is 64.5 Å². The normalized spacial score (nSPS) is 20.6. The molecule has 1 heterocycles. The van der Waals surface area contributed by atoms with Gasteiger partial charge in [0, 0.05) is 11.6 Å². The Bertz CT molecular complexity index is 826. The lowest BCUT2D eigenvalue weighted by Crippen LogP contribution is -2.58. The number of ether oxygens (including phenoxy) is 2. The van der Waals surface area contributed by atoms with Crippen LogP contribution in [0.2, 0.25) is 0 Å². The second-order valence-corrected chi connectivity index (χ2v) is 7.50. The van der Waals surface area contributed by atoms with Crippen molar-refractivity contribution in [2.75, 3.05) is 7.11 Å². The van der Waals surface area contributed by atoms with Crippen LogP contribution in [0.5, 0.6) is 11.5 Å². The fraction of sp³-hybridized carbons (Fsp3) is 0.500. The molecule has 1 aromatic carbocycles. The zero-order valence-electron chi connectivity index (χ0n) is 17.2. The number of rotatable bonds is 6. The van der Waals surface area contributed by atoms with Gasteiger partial charge in [0.05, 0.1) is 13.2 Å². The number of barbiturate groups is 1. The lowest BCUT2D eigenvalue weighted by molar-refractivity contribution is -0.132. The van der Waals surface area contributed by atoms with E-state index in [0.29, 0.717) is 17.1 Å². The number of carbonyl (C=O) groups is 3. The largest absolute Gasteiger partial charge is 0.493 e. The first-order valence-corrected chi connectivity index (χ1v) is 10.2. The van der Waals surface area contributed by atoms with E-state index >= 15 is 0 Å². The number of carbonyl (C=O) groups excluding carboxylic acids is 3. The number of nitrogens with one attached hydrogen (secondary N) is 1. The summed E-state index contributed by atoms with van der Waals surface area (Å²) in [5.74, 6) is -0.255. The summed E-state index contributed by atoms with van der Waals surface area (Å²) in [5.41, 5.74) is 0.485. The first-order chi connectivity index (χ1) is 14.0. The molecule has 1 aliphatic carbocycles. The molecule has 0 aromatic heterocycles. The SMILES string of the molecule is CCC(C)Oc1c(/C=C2\C(=O)NC(=O)N(C3CCCCC3)C2=O)cccc1OC. The molecule has 1 saturated carbocycles. The number of nitrogens with zero attached hydrogens (tertiary/aromatic N) is 1. The van der Waals surface area contributed by atoms with Crippen LogP contribution in [0.1, 0.15) is 57.9 Å². The first kappa shape index (κ1) is 20.9. The summed E-state index contributed by atoms with van der Waals surface area (Å²) in [4.78, 5) is 39.1.